The van der Waals surface area contributed by atoms with E-state index in [0.29, 0.717) is 16.7 Å². The number of nitrogens with zero attached hydrogens (tertiary/aromatic N) is 3. The van der Waals surface area contributed by atoms with Crippen molar-refractivity contribution in [1.82, 2.24) is 19.7 Å². The highest BCUT2D eigenvalue weighted by Crippen LogP contribution is 2.16. The smallest absolute Gasteiger partial charge is 0.265 e. The van der Waals surface area contributed by atoms with Crippen molar-refractivity contribution in [1.29, 1.82) is 0 Å². The summed E-state index contributed by atoms with van der Waals surface area (Å²) >= 11 is 3.25. The molecule has 2 heterocycles. The van der Waals surface area contributed by atoms with Crippen molar-refractivity contribution >= 4 is 15.9 Å². The van der Waals surface area contributed by atoms with Crippen molar-refractivity contribution < 1.29 is 0 Å². The van der Waals surface area contributed by atoms with E-state index in [1.165, 1.54) is 0 Å². The second-order valence-corrected chi connectivity index (χ2v) is 4.81. The quantitative estimate of drug-likeness (QED) is 0.943. The highest BCUT2D eigenvalue weighted by atomic mass is 79.9. The van der Waals surface area contributed by atoms with Crippen LogP contribution in [-0.4, -0.2) is 19.7 Å². The first kappa shape index (κ1) is 13.0. The molecule has 0 saturated heterocycles. The minimum Gasteiger partial charge on any atom is -0.305 e. The van der Waals surface area contributed by atoms with Crippen LogP contribution in [0.1, 0.15) is 26.0 Å². The van der Waals surface area contributed by atoms with E-state index in [1.807, 2.05) is 17.8 Å². The molecule has 18 heavy (non-hydrogen) atoms. The summed E-state index contributed by atoms with van der Waals surface area (Å²) in [5, 5.41) is 4.23. The van der Waals surface area contributed by atoms with E-state index in [4.69, 9.17) is 0 Å². The number of nitrogens with one attached hydrogen (secondary N) is 1. The summed E-state index contributed by atoms with van der Waals surface area (Å²) in [5.41, 5.74) is 1.44. The van der Waals surface area contributed by atoms with Crippen LogP contribution >= 0.6 is 15.9 Å². The highest BCUT2D eigenvalue weighted by molar-refractivity contribution is 9.10. The zero-order valence-corrected chi connectivity index (χ0v) is 12.0. The third kappa shape index (κ3) is 2.53. The second-order valence-electron chi connectivity index (χ2n) is 4.02. The van der Waals surface area contributed by atoms with Gasteiger partial charge in [-0.3, -0.25) is 9.48 Å². The van der Waals surface area contributed by atoms with Gasteiger partial charge in [0, 0.05) is 12.7 Å². The molecule has 2 aromatic rings. The molecule has 0 amide bonds. The summed E-state index contributed by atoms with van der Waals surface area (Å²) in [6.07, 6.45) is 5.35. The molecule has 96 valence electrons. The van der Waals surface area contributed by atoms with Crippen LogP contribution in [0.15, 0.2) is 21.7 Å². The minimum absolute atomic E-state index is 0.153. The number of halogens is 1. The summed E-state index contributed by atoms with van der Waals surface area (Å²) < 4.78 is 2.36. The molecule has 0 aliphatic heterocycles. The van der Waals surface area contributed by atoms with Crippen LogP contribution < -0.4 is 5.56 Å². The van der Waals surface area contributed by atoms with Crippen molar-refractivity contribution in [3.63, 3.8) is 0 Å². The normalized spacial score (nSPS) is 10.8. The molecule has 0 radical (unpaired) electrons. The van der Waals surface area contributed by atoms with Crippen molar-refractivity contribution in [2.75, 3.05) is 0 Å². The van der Waals surface area contributed by atoms with E-state index in [9.17, 15) is 4.79 Å². The molecule has 0 atom stereocenters. The second kappa shape index (κ2) is 5.48. The third-order valence-electron chi connectivity index (χ3n) is 2.63. The fraction of sp³-hybridized carbons (Fsp3) is 0.417. The Bertz CT molecular complexity index is 602. The predicted octanol–water partition coefficient (Wildman–Crippen LogP) is 2.37. The fourth-order valence-electron chi connectivity index (χ4n) is 1.71. The number of rotatable bonds is 4. The maximum atomic E-state index is 11.8. The van der Waals surface area contributed by atoms with E-state index in [2.05, 4.69) is 37.9 Å². The van der Waals surface area contributed by atoms with E-state index in [-0.39, 0.29) is 5.56 Å². The maximum Gasteiger partial charge on any atom is 0.265 e. The van der Waals surface area contributed by atoms with Crippen LogP contribution in [0.3, 0.4) is 0 Å². The molecule has 1 N–H and O–H groups in total. The van der Waals surface area contributed by atoms with Crippen LogP contribution in [0.25, 0.3) is 11.4 Å². The van der Waals surface area contributed by atoms with E-state index in [1.54, 1.807) is 6.20 Å². The van der Waals surface area contributed by atoms with E-state index >= 15 is 0 Å². The predicted molar refractivity (Wildman–Crippen MR) is 73.4 cm³/mol. The SMILES string of the molecule is CCCn1cc(-c2nc(CC)c(Br)c(=O)[nH]2)cn1. The molecule has 0 unspecified atom stereocenters. The van der Waals surface area contributed by atoms with Crippen LogP contribution in [0, 0.1) is 0 Å². The Labute approximate surface area is 113 Å². The Morgan fingerprint density at radius 3 is 2.89 bits per heavy atom. The van der Waals surface area contributed by atoms with Gasteiger partial charge >= 0.3 is 0 Å². The van der Waals surface area contributed by atoms with Gasteiger partial charge in [0.15, 0.2) is 0 Å². The Hall–Kier alpha value is -1.43. The van der Waals surface area contributed by atoms with Gasteiger partial charge in [0.2, 0.25) is 0 Å². The average Bonchev–Trinajstić information content (AvgIpc) is 2.81. The molecular weight excluding hydrogens is 296 g/mol. The largest absolute Gasteiger partial charge is 0.305 e. The molecule has 0 fully saturated rings. The van der Waals surface area contributed by atoms with Gasteiger partial charge in [-0.05, 0) is 28.8 Å². The number of aromatic nitrogens is 4. The van der Waals surface area contributed by atoms with Gasteiger partial charge in [0.1, 0.15) is 10.3 Å². The molecular formula is C12H15BrN4O. The molecule has 2 aromatic heterocycles. The van der Waals surface area contributed by atoms with Gasteiger partial charge in [0.05, 0.1) is 17.5 Å². The third-order valence-corrected chi connectivity index (χ3v) is 3.44. The van der Waals surface area contributed by atoms with Crippen molar-refractivity contribution in [3.05, 3.63) is 32.9 Å². The fourth-order valence-corrected chi connectivity index (χ4v) is 2.18. The summed E-state index contributed by atoms with van der Waals surface area (Å²) in [5.74, 6) is 0.572. The Balaban J connectivity index is 2.43. The lowest BCUT2D eigenvalue weighted by Crippen LogP contribution is -2.13. The van der Waals surface area contributed by atoms with Crippen LogP contribution in [0.5, 0.6) is 0 Å². The van der Waals surface area contributed by atoms with Crippen LogP contribution in [-0.2, 0) is 13.0 Å². The maximum absolute atomic E-state index is 11.8. The molecule has 0 aliphatic rings. The monoisotopic (exact) mass is 310 g/mol. The number of H-pyrrole nitrogens is 1. The zero-order valence-electron chi connectivity index (χ0n) is 10.4. The zero-order chi connectivity index (χ0) is 13.1. The van der Waals surface area contributed by atoms with Gasteiger partial charge in [-0.2, -0.15) is 5.10 Å². The van der Waals surface area contributed by atoms with Gasteiger partial charge in [0.25, 0.3) is 5.56 Å². The lowest BCUT2D eigenvalue weighted by atomic mass is 10.3. The highest BCUT2D eigenvalue weighted by Gasteiger charge is 2.10. The molecule has 0 bridgehead atoms. The first-order valence-corrected chi connectivity index (χ1v) is 6.76. The molecule has 2 rings (SSSR count). The number of aromatic amines is 1. The molecule has 0 aromatic carbocycles. The van der Waals surface area contributed by atoms with Gasteiger partial charge in [-0.15, -0.1) is 0 Å². The molecule has 5 nitrogen and oxygen atoms in total. The first-order valence-electron chi connectivity index (χ1n) is 5.97. The average molecular weight is 311 g/mol. The lowest BCUT2D eigenvalue weighted by molar-refractivity contribution is 0.603. The standard InChI is InChI=1S/C12H15BrN4O/c1-3-5-17-7-8(6-14-17)11-15-9(4-2)10(13)12(18)16-11/h6-7H,3-5H2,1-2H3,(H,15,16,18). The van der Waals surface area contributed by atoms with Crippen molar-refractivity contribution in [3.8, 4) is 11.4 Å². The van der Waals surface area contributed by atoms with Crippen molar-refractivity contribution in [2.24, 2.45) is 0 Å². The van der Waals surface area contributed by atoms with Crippen LogP contribution in [0.4, 0.5) is 0 Å². The number of hydrogen-bond acceptors (Lipinski definition) is 3. The summed E-state index contributed by atoms with van der Waals surface area (Å²) in [4.78, 5) is 19.0. The van der Waals surface area contributed by atoms with Gasteiger partial charge in [-0.1, -0.05) is 13.8 Å². The summed E-state index contributed by atoms with van der Waals surface area (Å²) in [6.45, 7) is 4.93. The van der Waals surface area contributed by atoms with Crippen molar-refractivity contribution in [2.45, 2.75) is 33.2 Å². The molecule has 6 heteroatoms. The Morgan fingerprint density at radius 2 is 2.22 bits per heavy atom. The lowest BCUT2D eigenvalue weighted by Gasteiger charge is -2.02. The number of aryl methyl sites for hydroxylation is 2. The molecule has 0 saturated carbocycles. The Kier molecular flexibility index (Phi) is 3.96. The number of hydrogen-bond donors (Lipinski definition) is 1. The van der Waals surface area contributed by atoms with Gasteiger partial charge < -0.3 is 4.98 Å². The Morgan fingerprint density at radius 1 is 1.44 bits per heavy atom. The summed E-state index contributed by atoms with van der Waals surface area (Å²) in [7, 11) is 0. The topological polar surface area (TPSA) is 63.6 Å². The summed E-state index contributed by atoms with van der Waals surface area (Å²) in [6, 6.07) is 0. The molecule has 0 spiro atoms. The van der Waals surface area contributed by atoms with E-state index < -0.39 is 0 Å². The molecule has 0 aliphatic carbocycles. The van der Waals surface area contributed by atoms with Crippen LogP contribution in [0.2, 0.25) is 0 Å². The van der Waals surface area contributed by atoms with E-state index in [0.717, 1.165) is 24.2 Å². The van der Waals surface area contributed by atoms with Gasteiger partial charge in [-0.25, -0.2) is 4.98 Å². The minimum atomic E-state index is -0.153. The first-order chi connectivity index (χ1) is 8.65.